The quantitative estimate of drug-likeness (QED) is 0.793. The van der Waals surface area contributed by atoms with E-state index < -0.39 is 10.0 Å². The lowest BCUT2D eigenvalue weighted by Crippen LogP contribution is -2.17. The summed E-state index contributed by atoms with van der Waals surface area (Å²) in [4.78, 5) is 0. The van der Waals surface area contributed by atoms with E-state index in [9.17, 15) is 8.42 Å². The number of aliphatic hydroxyl groups excluding tert-OH is 1. The molecular formula is C10H13Cl2NO3S. The first kappa shape index (κ1) is 14.6. The van der Waals surface area contributed by atoms with Crippen LogP contribution >= 0.6 is 23.2 Å². The van der Waals surface area contributed by atoms with Crippen LogP contribution in [0.1, 0.15) is 12.8 Å². The second kappa shape index (κ2) is 6.44. The van der Waals surface area contributed by atoms with Gasteiger partial charge in [0.2, 0.25) is 10.0 Å². The van der Waals surface area contributed by atoms with Gasteiger partial charge in [-0.15, -0.1) is 0 Å². The molecule has 17 heavy (non-hydrogen) atoms. The number of halogens is 2. The predicted molar refractivity (Wildman–Crippen MR) is 70.2 cm³/mol. The van der Waals surface area contributed by atoms with Gasteiger partial charge in [0.25, 0.3) is 0 Å². The average Bonchev–Trinajstić information content (AvgIpc) is 2.25. The lowest BCUT2D eigenvalue weighted by molar-refractivity contribution is 0.287. The van der Waals surface area contributed by atoms with E-state index in [-0.39, 0.29) is 23.1 Å². The number of hydrogen-bond acceptors (Lipinski definition) is 3. The molecule has 1 rings (SSSR count). The summed E-state index contributed by atoms with van der Waals surface area (Å²) in [5.74, 6) is -0.0591. The zero-order chi connectivity index (χ0) is 12.9. The lowest BCUT2D eigenvalue weighted by Gasteiger charge is -2.09. The van der Waals surface area contributed by atoms with Crippen molar-refractivity contribution in [2.24, 2.45) is 0 Å². The van der Waals surface area contributed by atoms with Crippen molar-refractivity contribution >= 4 is 38.9 Å². The van der Waals surface area contributed by atoms with Crippen molar-refractivity contribution < 1.29 is 13.5 Å². The predicted octanol–water partition coefficient (Wildman–Crippen LogP) is 2.51. The molecule has 1 aromatic rings. The van der Waals surface area contributed by atoms with Gasteiger partial charge in [-0.3, -0.25) is 4.72 Å². The van der Waals surface area contributed by atoms with Gasteiger partial charge in [0.05, 0.1) is 21.5 Å². The molecule has 1 aromatic carbocycles. The lowest BCUT2D eigenvalue weighted by atomic mass is 10.3. The number of hydrogen-bond donors (Lipinski definition) is 2. The van der Waals surface area contributed by atoms with Crippen molar-refractivity contribution in [3.63, 3.8) is 0 Å². The van der Waals surface area contributed by atoms with Crippen LogP contribution in [0.3, 0.4) is 0 Å². The Morgan fingerprint density at radius 2 is 1.94 bits per heavy atom. The SMILES string of the molecule is O=S(=O)(CCCCO)Nc1cccc(Cl)c1Cl. The molecule has 0 saturated carbocycles. The molecule has 7 heteroatoms. The van der Waals surface area contributed by atoms with E-state index in [0.29, 0.717) is 17.9 Å². The van der Waals surface area contributed by atoms with Crippen LogP contribution < -0.4 is 4.72 Å². The number of aliphatic hydroxyl groups is 1. The molecule has 0 aliphatic rings. The highest BCUT2D eigenvalue weighted by atomic mass is 35.5. The molecule has 0 bridgehead atoms. The van der Waals surface area contributed by atoms with Crippen molar-refractivity contribution in [1.82, 2.24) is 0 Å². The Bertz CT molecular complexity index is 476. The molecule has 0 radical (unpaired) electrons. The standard InChI is InChI=1S/C10H13Cl2NO3S/c11-8-4-3-5-9(10(8)12)13-17(15,16)7-2-1-6-14/h3-5,13-14H,1-2,6-7H2. The highest BCUT2D eigenvalue weighted by molar-refractivity contribution is 7.92. The average molecular weight is 298 g/mol. The van der Waals surface area contributed by atoms with Gasteiger partial charge in [-0.25, -0.2) is 8.42 Å². The fourth-order valence-corrected chi connectivity index (χ4v) is 2.80. The molecule has 96 valence electrons. The van der Waals surface area contributed by atoms with E-state index >= 15 is 0 Å². The second-order valence-corrected chi connectivity index (χ2v) is 6.08. The van der Waals surface area contributed by atoms with Crippen LogP contribution in [0.2, 0.25) is 10.0 Å². The maximum absolute atomic E-state index is 11.6. The Hall–Kier alpha value is -0.490. The summed E-state index contributed by atoms with van der Waals surface area (Å²) in [5, 5.41) is 9.05. The van der Waals surface area contributed by atoms with Crippen molar-refractivity contribution in [3.05, 3.63) is 28.2 Å². The molecule has 0 fully saturated rings. The minimum atomic E-state index is -3.45. The normalized spacial score (nSPS) is 11.5. The maximum atomic E-state index is 11.6. The highest BCUT2D eigenvalue weighted by Gasteiger charge is 2.13. The summed E-state index contributed by atoms with van der Waals surface area (Å²) >= 11 is 11.6. The summed E-state index contributed by atoms with van der Waals surface area (Å²) in [5.41, 5.74) is 0.267. The molecule has 0 spiro atoms. The molecule has 0 saturated heterocycles. The van der Waals surface area contributed by atoms with Gasteiger partial charge in [-0.2, -0.15) is 0 Å². The summed E-state index contributed by atoms with van der Waals surface area (Å²) in [6, 6.07) is 4.73. The number of sulfonamides is 1. The van der Waals surface area contributed by atoms with E-state index in [1.807, 2.05) is 0 Å². The Kier molecular flexibility index (Phi) is 5.52. The number of rotatable bonds is 6. The van der Waals surface area contributed by atoms with Crippen LogP contribution in [0.5, 0.6) is 0 Å². The number of nitrogens with one attached hydrogen (secondary N) is 1. The van der Waals surface area contributed by atoms with Gasteiger partial charge in [-0.05, 0) is 25.0 Å². The minimum absolute atomic E-state index is 0.0204. The van der Waals surface area contributed by atoms with Gasteiger partial charge < -0.3 is 5.11 Å². The van der Waals surface area contributed by atoms with Crippen molar-refractivity contribution in [1.29, 1.82) is 0 Å². The van der Waals surface area contributed by atoms with E-state index in [0.717, 1.165) is 0 Å². The van der Waals surface area contributed by atoms with Crippen molar-refractivity contribution in [3.8, 4) is 0 Å². The molecular weight excluding hydrogens is 285 g/mol. The second-order valence-electron chi connectivity index (χ2n) is 3.45. The first-order chi connectivity index (χ1) is 7.96. The van der Waals surface area contributed by atoms with Gasteiger partial charge in [-0.1, -0.05) is 29.3 Å². The van der Waals surface area contributed by atoms with Gasteiger partial charge in [0.15, 0.2) is 0 Å². The Morgan fingerprint density at radius 3 is 2.59 bits per heavy atom. The molecule has 0 unspecified atom stereocenters. The van der Waals surface area contributed by atoms with Crippen LogP contribution in [-0.4, -0.2) is 25.9 Å². The van der Waals surface area contributed by atoms with E-state index in [1.54, 1.807) is 12.1 Å². The van der Waals surface area contributed by atoms with Gasteiger partial charge >= 0.3 is 0 Å². The molecule has 4 nitrogen and oxygen atoms in total. The van der Waals surface area contributed by atoms with Crippen LogP contribution in [-0.2, 0) is 10.0 Å². The van der Waals surface area contributed by atoms with Crippen molar-refractivity contribution in [2.75, 3.05) is 17.1 Å². The largest absolute Gasteiger partial charge is 0.396 e. The third kappa shape index (κ3) is 4.71. The summed E-state index contributed by atoms with van der Waals surface area (Å²) < 4.78 is 25.6. The summed E-state index contributed by atoms with van der Waals surface area (Å²) in [6.45, 7) is -0.0204. The minimum Gasteiger partial charge on any atom is -0.396 e. The van der Waals surface area contributed by atoms with Crippen LogP contribution in [0.15, 0.2) is 18.2 Å². The third-order valence-electron chi connectivity index (χ3n) is 2.04. The van der Waals surface area contributed by atoms with E-state index in [4.69, 9.17) is 28.3 Å². The Morgan fingerprint density at radius 1 is 1.24 bits per heavy atom. The molecule has 0 aliphatic heterocycles. The molecule has 2 N–H and O–H groups in total. The molecule has 0 aromatic heterocycles. The molecule has 0 amide bonds. The van der Waals surface area contributed by atoms with Gasteiger partial charge in [0, 0.05) is 6.61 Å². The smallest absolute Gasteiger partial charge is 0.232 e. The Balaban J connectivity index is 2.73. The van der Waals surface area contributed by atoms with Crippen molar-refractivity contribution in [2.45, 2.75) is 12.8 Å². The van der Waals surface area contributed by atoms with Crippen LogP contribution in [0.25, 0.3) is 0 Å². The fourth-order valence-electron chi connectivity index (χ4n) is 1.21. The monoisotopic (exact) mass is 297 g/mol. The molecule has 0 atom stereocenters. The highest BCUT2D eigenvalue weighted by Crippen LogP contribution is 2.30. The fraction of sp³-hybridized carbons (Fsp3) is 0.400. The first-order valence-electron chi connectivity index (χ1n) is 5.01. The summed E-state index contributed by atoms with van der Waals surface area (Å²) in [6.07, 6.45) is 0.841. The Labute approximate surface area is 111 Å². The van der Waals surface area contributed by atoms with Crippen LogP contribution in [0.4, 0.5) is 5.69 Å². The maximum Gasteiger partial charge on any atom is 0.232 e. The molecule has 0 aliphatic carbocycles. The molecule has 0 heterocycles. The number of anilines is 1. The third-order valence-corrected chi connectivity index (χ3v) is 4.21. The zero-order valence-corrected chi connectivity index (χ0v) is 11.3. The topological polar surface area (TPSA) is 66.4 Å². The first-order valence-corrected chi connectivity index (χ1v) is 7.42. The van der Waals surface area contributed by atoms with E-state index in [2.05, 4.69) is 4.72 Å². The van der Waals surface area contributed by atoms with Gasteiger partial charge in [0.1, 0.15) is 0 Å². The summed E-state index contributed by atoms with van der Waals surface area (Å²) in [7, 11) is -3.45. The van der Waals surface area contributed by atoms with Crippen LogP contribution in [0, 0.1) is 0 Å². The zero-order valence-electron chi connectivity index (χ0n) is 8.99. The number of unbranched alkanes of at least 4 members (excludes halogenated alkanes) is 1. The number of benzene rings is 1. The van der Waals surface area contributed by atoms with E-state index in [1.165, 1.54) is 6.07 Å².